The van der Waals surface area contributed by atoms with Crippen LogP contribution in [0.2, 0.25) is 0 Å². The van der Waals surface area contributed by atoms with Crippen LogP contribution in [-0.4, -0.2) is 56.0 Å². The van der Waals surface area contributed by atoms with Crippen molar-refractivity contribution in [1.29, 1.82) is 0 Å². The molecule has 1 amide bonds. The van der Waals surface area contributed by atoms with E-state index >= 15 is 0 Å². The van der Waals surface area contributed by atoms with Crippen LogP contribution in [0, 0.1) is 0 Å². The molecule has 0 spiro atoms. The molecule has 1 saturated heterocycles. The van der Waals surface area contributed by atoms with Crippen molar-refractivity contribution in [2.24, 2.45) is 5.10 Å². The topological polar surface area (TPSA) is 116 Å². The summed E-state index contributed by atoms with van der Waals surface area (Å²) in [6, 6.07) is 6.59. The zero-order valence-electron chi connectivity index (χ0n) is 15.0. The van der Waals surface area contributed by atoms with E-state index in [2.05, 4.69) is 20.4 Å². The summed E-state index contributed by atoms with van der Waals surface area (Å²) in [5.41, 5.74) is 3.90. The first kappa shape index (κ1) is 19.8. The van der Waals surface area contributed by atoms with Gasteiger partial charge in [-0.1, -0.05) is 0 Å². The molecule has 1 aromatic carbocycles. The number of morpholine rings is 1. The molecule has 1 aliphatic rings. The molecule has 1 aliphatic heterocycles. The number of aliphatic carboxylic acids is 1. The number of benzene rings is 1. The molecule has 1 fully saturated rings. The smallest absolute Gasteiger partial charge is 0.246 e. The predicted octanol–water partition coefficient (Wildman–Crippen LogP) is -0.199. The summed E-state index contributed by atoms with van der Waals surface area (Å²) in [7, 11) is 0. The van der Waals surface area contributed by atoms with Gasteiger partial charge in [-0.3, -0.25) is 4.79 Å². The van der Waals surface area contributed by atoms with E-state index in [1.165, 1.54) is 17.6 Å². The van der Waals surface area contributed by atoms with Crippen molar-refractivity contribution in [2.45, 2.75) is 6.42 Å². The quantitative estimate of drug-likeness (QED) is 0.479. The number of carbonyl (C=O) groups excluding carboxylic acids is 2. The number of nitrogens with one attached hydrogen (secondary N) is 1. The van der Waals surface area contributed by atoms with E-state index in [9.17, 15) is 14.7 Å². The molecule has 10 heteroatoms. The molecular formula is C18H19N4O5S-. The molecule has 0 atom stereocenters. The highest BCUT2D eigenvalue weighted by molar-refractivity contribution is 7.13. The van der Waals surface area contributed by atoms with Crippen LogP contribution < -0.4 is 20.2 Å². The number of carbonyl (C=O) groups is 2. The van der Waals surface area contributed by atoms with Crippen LogP contribution >= 0.6 is 11.3 Å². The SMILES string of the molecule is O=C([O-])COc1ccc(/C=N\NC(=O)Cc2csc(N3CCOCC3)n2)cc1. The normalized spacial score (nSPS) is 14.2. The first-order valence-electron chi connectivity index (χ1n) is 8.62. The first-order chi connectivity index (χ1) is 13.6. The molecule has 0 bridgehead atoms. The van der Waals surface area contributed by atoms with Gasteiger partial charge in [-0.05, 0) is 29.8 Å². The Morgan fingerprint density at radius 3 is 2.79 bits per heavy atom. The van der Waals surface area contributed by atoms with Crippen LogP contribution in [0.1, 0.15) is 11.3 Å². The van der Waals surface area contributed by atoms with Gasteiger partial charge in [0.15, 0.2) is 5.13 Å². The predicted molar refractivity (Wildman–Crippen MR) is 102 cm³/mol. The summed E-state index contributed by atoms with van der Waals surface area (Å²) in [5.74, 6) is -1.14. The van der Waals surface area contributed by atoms with E-state index in [1.54, 1.807) is 24.3 Å². The fourth-order valence-corrected chi connectivity index (χ4v) is 3.33. The number of rotatable bonds is 8. The summed E-state index contributed by atoms with van der Waals surface area (Å²) >= 11 is 1.51. The highest BCUT2D eigenvalue weighted by Crippen LogP contribution is 2.21. The fourth-order valence-electron chi connectivity index (χ4n) is 2.45. The monoisotopic (exact) mass is 403 g/mol. The lowest BCUT2D eigenvalue weighted by Crippen LogP contribution is -2.36. The summed E-state index contributed by atoms with van der Waals surface area (Å²) in [6.07, 6.45) is 1.63. The van der Waals surface area contributed by atoms with Crippen LogP contribution in [0.4, 0.5) is 5.13 Å². The fraction of sp³-hybridized carbons (Fsp3) is 0.333. The van der Waals surface area contributed by atoms with Crippen LogP contribution in [0.25, 0.3) is 0 Å². The molecule has 1 aromatic heterocycles. The minimum Gasteiger partial charge on any atom is -0.546 e. The maximum Gasteiger partial charge on any atom is 0.246 e. The lowest BCUT2D eigenvalue weighted by atomic mass is 10.2. The molecule has 9 nitrogen and oxygen atoms in total. The molecule has 3 rings (SSSR count). The second-order valence-corrected chi connectivity index (χ2v) is 6.76. The number of hydrogen-bond acceptors (Lipinski definition) is 9. The number of amides is 1. The van der Waals surface area contributed by atoms with Crippen molar-refractivity contribution >= 4 is 34.6 Å². The Kier molecular flexibility index (Phi) is 6.93. The molecule has 0 radical (unpaired) electrons. The number of nitrogens with zero attached hydrogens (tertiary/aromatic N) is 3. The van der Waals surface area contributed by atoms with Crippen molar-refractivity contribution in [3.05, 3.63) is 40.9 Å². The molecule has 0 saturated carbocycles. The Hall–Kier alpha value is -2.98. The van der Waals surface area contributed by atoms with Crippen molar-refractivity contribution in [3.8, 4) is 5.75 Å². The molecule has 148 valence electrons. The van der Waals surface area contributed by atoms with Gasteiger partial charge >= 0.3 is 0 Å². The average Bonchev–Trinajstić information content (AvgIpc) is 3.16. The maximum absolute atomic E-state index is 12.0. The van der Waals surface area contributed by atoms with Gasteiger partial charge in [-0.25, -0.2) is 10.4 Å². The lowest BCUT2D eigenvalue weighted by molar-refractivity contribution is -0.307. The van der Waals surface area contributed by atoms with Gasteiger partial charge in [0, 0.05) is 18.5 Å². The molecule has 28 heavy (non-hydrogen) atoms. The number of aromatic nitrogens is 1. The number of hydrazone groups is 1. The maximum atomic E-state index is 12.0. The highest BCUT2D eigenvalue weighted by atomic mass is 32.1. The number of hydrogen-bond donors (Lipinski definition) is 1. The van der Waals surface area contributed by atoms with E-state index in [4.69, 9.17) is 9.47 Å². The van der Waals surface area contributed by atoms with E-state index in [-0.39, 0.29) is 12.3 Å². The summed E-state index contributed by atoms with van der Waals surface area (Å²) in [4.78, 5) is 29.0. The van der Waals surface area contributed by atoms with Gasteiger partial charge in [0.1, 0.15) is 12.4 Å². The lowest BCUT2D eigenvalue weighted by Gasteiger charge is -2.26. The molecular weight excluding hydrogens is 384 g/mol. The molecule has 0 aliphatic carbocycles. The van der Waals surface area contributed by atoms with Gasteiger partial charge in [-0.2, -0.15) is 5.10 Å². The van der Waals surface area contributed by atoms with Gasteiger partial charge < -0.3 is 24.3 Å². The van der Waals surface area contributed by atoms with E-state index in [0.29, 0.717) is 24.7 Å². The standard InChI is InChI=1S/C18H20N4O5S/c23-16(9-14-12-28-18(20-14)22-5-7-26-8-6-22)21-19-10-13-1-3-15(4-2-13)27-11-17(24)25/h1-4,10,12H,5-9,11H2,(H,21,23)(H,24,25)/p-1/b19-10-. The number of anilines is 1. The van der Waals surface area contributed by atoms with Crippen molar-refractivity contribution in [2.75, 3.05) is 37.8 Å². The van der Waals surface area contributed by atoms with E-state index < -0.39 is 12.6 Å². The van der Waals surface area contributed by atoms with Crippen molar-refractivity contribution < 1.29 is 24.2 Å². The van der Waals surface area contributed by atoms with Gasteiger partial charge in [-0.15, -0.1) is 11.3 Å². The van der Waals surface area contributed by atoms with Crippen LogP contribution in [0.15, 0.2) is 34.7 Å². The van der Waals surface area contributed by atoms with E-state index in [1.807, 2.05) is 5.38 Å². The van der Waals surface area contributed by atoms with Gasteiger partial charge in [0.25, 0.3) is 0 Å². The average molecular weight is 403 g/mol. The van der Waals surface area contributed by atoms with Crippen molar-refractivity contribution in [3.63, 3.8) is 0 Å². The Labute approximate surface area is 165 Å². The Bertz CT molecular complexity index is 831. The molecule has 2 heterocycles. The Morgan fingerprint density at radius 2 is 2.07 bits per heavy atom. The van der Waals surface area contributed by atoms with Crippen molar-refractivity contribution in [1.82, 2.24) is 10.4 Å². The summed E-state index contributed by atoms with van der Waals surface area (Å²) in [6.45, 7) is 2.48. The molecule has 0 unspecified atom stereocenters. The third-order valence-corrected chi connectivity index (χ3v) is 4.75. The Morgan fingerprint density at radius 1 is 1.32 bits per heavy atom. The summed E-state index contributed by atoms with van der Waals surface area (Å²) in [5, 5.41) is 17.0. The van der Waals surface area contributed by atoms with Crippen LogP contribution in [0.5, 0.6) is 5.75 Å². The first-order valence-corrected chi connectivity index (χ1v) is 9.50. The number of thiazole rings is 1. The van der Waals surface area contributed by atoms with E-state index in [0.717, 1.165) is 23.8 Å². The summed E-state index contributed by atoms with van der Waals surface area (Å²) < 4.78 is 10.3. The number of carboxylic acid groups (broad SMARTS) is 1. The zero-order chi connectivity index (χ0) is 19.8. The highest BCUT2D eigenvalue weighted by Gasteiger charge is 2.15. The van der Waals surface area contributed by atoms with Crippen LogP contribution in [-0.2, 0) is 20.7 Å². The minimum atomic E-state index is -1.29. The number of ether oxygens (including phenoxy) is 2. The third kappa shape index (κ3) is 6.03. The van der Waals surface area contributed by atoms with Gasteiger partial charge in [0.2, 0.25) is 5.91 Å². The molecule has 2 aromatic rings. The second kappa shape index (κ2) is 9.81. The zero-order valence-corrected chi connectivity index (χ0v) is 15.8. The third-order valence-electron chi connectivity index (χ3n) is 3.80. The minimum absolute atomic E-state index is 0.147. The molecule has 1 N–H and O–H groups in total. The number of carboxylic acids is 1. The van der Waals surface area contributed by atoms with Gasteiger partial charge in [0.05, 0.1) is 37.5 Å². The van der Waals surface area contributed by atoms with Crippen LogP contribution in [0.3, 0.4) is 0 Å². The largest absolute Gasteiger partial charge is 0.546 e. The second-order valence-electron chi connectivity index (χ2n) is 5.92. The Balaban J connectivity index is 1.45.